The van der Waals surface area contributed by atoms with E-state index >= 15 is 0 Å². The van der Waals surface area contributed by atoms with E-state index in [4.69, 9.17) is 59.0 Å². The molecule has 12 N–H and O–H groups in total. The number of ether oxygens (including phenoxy) is 6. The lowest BCUT2D eigenvalue weighted by molar-refractivity contribution is -0.143. The summed E-state index contributed by atoms with van der Waals surface area (Å²) in [5.74, 6) is -3.34. The maximum absolute atomic E-state index is 11.6. The molecule has 0 saturated heterocycles. The van der Waals surface area contributed by atoms with Crippen LogP contribution in [0.25, 0.3) is 0 Å². The zero-order valence-corrected chi connectivity index (χ0v) is 44.1. The monoisotopic (exact) mass is 1220 g/mol. The molecule has 456 valence electrons. The summed E-state index contributed by atoms with van der Waals surface area (Å²) in [6.07, 6.45) is -2.70. The van der Waals surface area contributed by atoms with Crippen LogP contribution in [-0.2, 0) is 85.7 Å². The van der Waals surface area contributed by atoms with Crippen LogP contribution < -0.4 is 21.7 Å². The van der Waals surface area contributed by atoms with Crippen LogP contribution in [0.5, 0.6) is 0 Å². The van der Waals surface area contributed by atoms with Crippen molar-refractivity contribution in [1.82, 2.24) is 16.0 Å². The quantitative estimate of drug-likeness (QED) is 0.0207. The van der Waals surface area contributed by atoms with Crippen molar-refractivity contribution in [3.8, 4) is 0 Å². The number of esters is 3. The highest BCUT2D eigenvalue weighted by Gasteiger charge is 2.27. The number of alkyl carbamates (subject to hydrolysis) is 3. The summed E-state index contributed by atoms with van der Waals surface area (Å²) in [4.78, 5) is 129. The first-order valence-corrected chi connectivity index (χ1v) is 27.0. The Morgan fingerprint density at radius 3 is 1.18 bits per heavy atom. The van der Waals surface area contributed by atoms with Gasteiger partial charge in [0.25, 0.3) is 0 Å². The standard InChI is InChI=1S/C13H18NO7P.C13H16NO6P.C13H15NO4.C4H10NO5P.5CH4.HO2P/c1-20-12(15)11(7-8-22(17,18)19)14-13(16)21-9-10-5-3-2-4-6-10;1-19-12(15)11(7-8-21(17)18)14-13(16)20-9-10-5-3-2-4-6-10;1-3-11(12(15)17-2)14-13(16)18-9-10-7-5-4-6-8-10;5-3(4(6)7)1-2-11(8,9)10;;;;;;1-3-2/h2-6,11H,7-9H2,1H3,(H,14,16)(H2,17,18,19);2-6,11H,7-9H2,1H3,(H-,14,16,17,18);3-8,11H,1,9H2,2H3,(H,14,16);3H,1-2,5H2,(H,6,7)(H2,8,9,10);5*1H4;(H,1,2)/p+1/t3*11-;3-;;;;;;/m0000....../s1. The summed E-state index contributed by atoms with van der Waals surface area (Å²) in [5.41, 5.74) is 7.42. The molecule has 0 aliphatic carbocycles. The molecule has 1 unspecified atom stereocenters. The van der Waals surface area contributed by atoms with Crippen molar-refractivity contribution in [2.45, 2.75) is 100 Å². The maximum atomic E-state index is 11.6. The van der Waals surface area contributed by atoms with Crippen LogP contribution in [0.2, 0.25) is 0 Å². The Kier molecular flexibility index (Phi) is 55.3. The van der Waals surface area contributed by atoms with E-state index in [0.29, 0.717) is 0 Å². The van der Waals surface area contributed by atoms with Gasteiger partial charge in [-0.3, -0.25) is 13.9 Å². The van der Waals surface area contributed by atoms with Crippen molar-refractivity contribution in [3.05, 3.63) is 120 Å². The molecule has 80 heavy (non-hydrogen) atoms. The molecular formula is C48H81N4O24P4+. The van der Waals surface area contributed by atoms with Crippen LogP contribution in [0.3, 0.4) is 0 Å². The third-order valence-corrected chi connectivity index (χ3v) is 10.8. The molecular weight excluding hydrogens is 1140 g/mol. The Balaban J connectivity index is -0.000000175. The number of methoxy groups -OCH3 is 3. The lowest BCUT2D eigenvalue weighted by Crippen LogP contribution is -2.42. The summed E-state index contributed by atoms with van der Waals surface area (Å²) in [5, 5.41) is 15.1. The Morgan fingerprint density at radius 2 is 0.900 bits per heavy atom. The van der Waals surface area contributed by atoms with Crippen LogP contribution in [0.4, 0.5) is 14.4 Å². The second kappa shape index (κ2) is 50.7. The Bertz CT molecular complexity index is 2310. The summed E-state index contributed by atoms with van der Waals surface area (Å²) < 4.78 is 68.5. The minimum Gasteiger partial charge on any atom is -0.480 e. The van der Waals surface area contributed by atoms with Gasteiger partial charge >= 0.3 is 74.1 Å². The van der Waals surface area contributed by atoms with Gasteiger partial charge in [0.15, 0.2) is 6.16 Å². The largest absolute Gasteiger partial charge is 0.505 e. The Labute approximate surface area is 469 Å². The molecule has 28 nitrogen and oxygen atoms in total. The first-order valence-electron chi connectivity index (χ1n) is 21.2. The molecule has 0 aliphatic heterocycles. The normalized spacial score (nSPS) is 11.3. The Hall–Kier alpha value is -6.53. The molecule has 32 heteroatoms. The second-order valence-corrected chi connectivity index (χ2v) is 19.1. The highest BCUT2D eigenvalue weighted by Crippen LogP contribution is 2.36. The van der Waals surface area contributed by atoms with Gasteiger partial charge < -0.3 is 79.7 Å². The number of amides is 3. The number of carbonyl (C=O) groups excluding carboxylic acids is 6. The third kappa shape index (κ3) is 48.6. The zero-order valence-electron chi connectivity index (χ0n) is 40.6. The van der Waals surface area contributed by atoms with E-state index in [2.05, 4.69) is 36.7 Å². The molecule has 3 aromatic rings. The predicted molar refractivity (Wildman–Crippen MR) is 298 cm³/mol. The number of nitrogens with two attached hydrogens (primary N) is 1. The topological polar surface area (TPSA) is 447 Å². The van der Waals surface area contributed by atoms with Gasteiger partial charge in [0.2, 0.25) is 0 Å². The number of hydrogen-bond donors (Lipinski definition) is 11. The van der Waals surface area contributed by atoms with E-state index in [9.17, 15) is 47.3 Å². The van der Waals surface area contributed by atoms with Gasteiger partial charge in [-0.25, -0.2) is 33.3 Å². The van der Waals surface area contributed by atoms with Gasteiger partial charge in [-0.1, -0.05) is 134 Å². The predicted octanol–water partition coefficient (Wildman–Crippen LogP) is 6.57. The molecule has 0 heterocycles. The molecule has 5 atom stereocenters. The fraction of sp³-hybridized carbons (Fsp3) is 0.438. The van der Waals surface area contributed by atoms with Gasteiger partial charge in [0, 0.05) is 6.42 Å². The van der Waals surface area contributed by atoms with Gasteiger partial charge in [0.1, 0.15) is 44.0 Å². The number of carboxylic acids is 1. The van der Waals surface area contributed by atoms with E-state index in [-0.39, 0.29) is 82.4 Å². The summed E-state index contributed by atoms with van der Waals surface area (Å²) in [6, 6.07) is 22.9. The summed E-state index contributed by atoms with van der Waals surface area (Å²) in [7, 11) is -8.08. The fourth-order valence-electron chi connectivity index (χ4n) is 4.80. The average Bonchev–Trinajstić information content (AvgIpc) is 3.38. The van der Waals surface area contributed by atoms with Crippen LogP contribution in [0.1, 0.15) is 73.1 Å². The van der Waals surface area contributed by atoms with Gasteiger partial charge in [0.05, 0.1) is 33.7 Å². The minimum absolute atomic E-state index is 0. The molecule has 0 aromatic heterocycles. The van der Waals surface area contributed by atoms with Gasteiger partial charge in [-0.05, 0) is 34.1 Å². The van der Waals surface area contributed by atoms with Gasteiger partial charge in [-0.2, -0.15) is 4.89 Å². The summed E-state index contributed by atoms with van der Waals surface area (Å²) in [6.45, 7) is 3.64. The second-order valence-electron chi connectivity index (χ2n) is 14.3. The molecule has 0 aliphatic rings. The molecule has 0 saturated carbocycles. The van der Waals surface area contributed by atoms with Crippen LogP contribution >= 0.6 is 31.9 Å². The number of rotatable bonds is 23. The lowest BCUT2D eigenvalue weighted by atomic mass is 10.2. The SMILES string of the molecule is C.C.C.C.C.C=C[C@H](NC(=O)OCc1ccccc1)C(=O)OC.COC(=O)[C@H](CCP(=O)(O)O)NC(=O)OCc1ccccc1.COC(=O)[C@H](CC[P+](=O)O)NC(=O)OCc1ccccc1.N[C@@H](CCP(=O)(O)O)C(=O)O.O=PO. The minimum atomic E-state index is -4.28. The van der Waals surface area contributed by atoms with Crippen molar-refractivity contribution in [3.63, 3.8) is 0 Å². The van der Waals surface area contributed by atoms with E-state index in [1.54, 1.807) is 36.4 Å². The van der Waals surface area contributed by atoms with Crippen molar-refractivity contribution in [2.75, 3.05) is 39.8 Å². The number of carboxylic acid groups (broad SMARTS) is 1. The van der Waals surface area contributed by atoms with E-state index in [1.165, 1.54) is 20.3 Å². The molecule has 3 rings (SSSR count). The molecule has 3 amide bonds. The van der Waals surface area contributed by atoms with Crippen LogP contribution in [-0.4, -0.2) is 141 Å². The molecule has 0 fully saturated rings. The van der Waals surface area contributed by atoms with E-state index in [0.717, 1.165) is 23.8 Å². The van der Waals surface area contributed by atoms with Gasteiger partial charge in [-0.15, -0.1) is 6.58 Å². The third-order valence-electron chi connectivity index (χ3n) is 8.52. The number of nitrogens with one attached hydrogen (secondary N) is 3. The highest BCUT2D eigenvalue weighted by molar-refractivity contribution is 7.52. The summed E-state index contributed by atoms with van der Waals surface area (Å²) >= 11 is 0. The van der Waals surface area contributed by atoms with Crippen LogP contribution in [0.15, 0.2) is 104 Å². The van der Waals surface area contributed by atoms with E-state index in [1.807, 2.05) is 54.6 Å². The number of hydrogen-bond acceptors (Lipinski definition) is 18. The van der Waals surface area contributed by atoms with Crippen molar-refractivity contribution >= 4 is 74.1 Å². The molecule has 0 radical (unpaired) electrons. The highest BCUT2D eigenvalue weighted by atomic mass is 31.2. The van der Waals surface area contributed by atoms with Crippen molar-refractivity contribution in [1.29, 1.82) is 0 Å². The lowest BCUT2D eigenvalue weighted by Gasteiger charge is -2.16. The Morgan fingerprint density at radius 1 is 0.600 bits per heavy atom. The number of carbonyl (C=O) groups is 7. The smallest absolute Gasteiger partial charge is 0.480 e. The maximum Gasteiger partial charge on any atom is 0.505 e. The fourth-order valence-corrected chi connectivity index (χ4v) is 6.48. The van der Waals surface area contributed by atoms with Crippen LogP contribution in [0, 0.1) is 0 Å². The van der Waals surface area contributed by atoms with Crippen molar-refractivity contribution < 1.29 is 115 Å². The average molecular weight is 1220 g/mol. The van der Waals surface area contributed by atoms with E-state index < -0.39 is 111 Å². The number of benzene rings is 3. The first kappa shape index (κ1) is 87.3. The molecule has 0 spiro atoms. The van der Waals surface area contributed by atoms with Crippen molar-refractivity contribution in [2.24, 2.45) is 5.73 Å². The molecule has 3 aromatic carbocycles. The first-order chi connectivity index (χ1) is 35.2. The zero-order chi connectivity index (χ0) is 57.4. The number of aliphatic carboxylic acids is 1. The molecule has 0 bridgehead atoms.